The van der Waals surface area contributed by atoms with Crippen LogP contribution in [-0.4, -0.2) is 34.1 Å². The van der Waals surface area contributed by atoms with Gasteiger partial charge < -0.3 is 14.8 Å². The van der Waals surface area contributed by atoms with Gasteiger partial charge in [-0.3, -0.25) is 9.10 Å². The van der Waals surface area contributed by atoms with Gasteiger partial charge in [-0.2, -0.15) is 0 Å². The minimum atomic E-state index is -4.06. The molecule has 0 aromatic heterocycles. The highest BCUT2D eigenvalue weighted by Gasteiger charge is 2.29. The van der Waals surface area contributed by atoms with Crippen molar-refractivity contribution in [1.82, 2.24) is 0 Å². The fourth-order valence-corrected chi connectivity index (χ4v) is 4.81. The van der Waals surface area contributed by atoms with Gasteiger partial charge in [-0.25, -0.2) is 8.42 Å². The van der Waals surface area contributed by atoms with Gasteiger partial charge in [0, 0.05) is 11.8 Å². The lowest BCUT2D eigenvalue weighted by Gasteiger charge is -2.26. The third kappa shape index (κ3) is 6.08. The van der Waals surface area contributed by atoms with E-state index in [9.17, 15) is 13.2 Å². The lowest BCUT2D eigenvalue weighted by atomic mass is 10.2. The number of ether oxygens (including phenoxy) is 2. The number of amides is 1. The molecule has 1 N–H and O–H groups in total. The zero-order chi connectivity index (χ0) is 24.9. The number of methoxy groups -OCH3 is 1. The molecule has 0 heterocycles. The molecule has 0 aliphatic carbocycles. The van der Waals surface area contributed by atoms with Crippen LogP contribution in [0.5, 0.6) is 11.5 Å². The Balaban J connectivity index is 1.97. The molecule has 3 aromatic carbocycles. The van der Waals surface area contributed by atoms with Gasteiger partial charge in [-0.15, -0.1) is 0 Å². The molecule has 180 valence electrons. The van der Waals surface area contributed by atoms with Gasteiger partial charge in [0.25, 0.3) is 10.0 Å². The molecule has 0 aliphatic rings. The molecule has 0 saturated heterocycles. The van der Waals surface area contributed by atoms with E-state index in [1.807, 2.05) is 33.8 Å². The summed E-state index contributed by atoms with van der Waals surface area (Å²) in [6.07, 6.45) is -0.0186. The number of anilines is 2. The Kier molecular flexibility index (Phi) is 7.83. The highest BCUT2D eigenvalue weighted by atomic mass is 32.2. The summed E-state index contributed by atoms with van der Waals surface area (Å²) in [5.41, 5.74) is 2.56. The average Bonchev–Trinajstić information content (AvgIpc) is 2.77. The molecule has 0 bridgehead atoms. The second-order valence-corrected chi connectivity index (χ2v) is 10.1. The van der Waals surface area contributed by atoms with Gasteiger partial charge in [0.15, 0.2) is 0 Å². The van der Waals surface area contributed by atoms with E-state index in [-0.39, 0.29) is 16.7 Å². The van der Waals surface area contributed by atoms with Crippen molar-refractivity contribution >= 4 is 27.3 Å². The van der Waals surface area contributed by atoms with Crippen LogP contribution in [0.15, 0.2) is 71.6 Å². The molecule has 7 nitrogen and oxygen atoms in total. The number of nitrogens with zero attached hydrogens (tertiary/aromatic N) is 1. The van der Waals surface area contributed by atoms with Crippen molar-refractivity contribution in [3.63, 3.8) is 0 Å². The Morgan fingerprint density at radius 1 is 0.971 bits per heavy atom. The number of aryl methyl sites for hydroxylation is 2. The molecule has 0 atom stereocenters. The first kappa shape index (κ1) is 25.1. The van der Waals surface area contributed by atoms with Crippen LogP contribution in [0.4, 0.5) is 11.4 Å². The molecule has 1 amide bonds. The van der Waals surface area contributed by atoms with Gasteiger partial charge in [0.05, 0.1) is 23.8 Å². The fraction of sp³-hybridized carbons (Fsp3) is 0.269. The Morgan fingerprint density at radius 3 is 2.29 bits per heavy atom. The average molecular weight is 483 g/mol. The van der Waals surface area contributed by atoms with E-state index in [0.29, 0.717) is 17.2 Å². The summed E-state index contributed by atoms with van der Waals surface area (Å²) in [5, 5.41) is 2.77. The molecule has 0 aliphatic heterocycles. The van der Waals surface area contributed by atoms with E-state index in [1.54, 1.807) is 48.5 Å². The Hall–Kier alpha value is -3.52. The fourth-order valence-electron chi connectivity index (χ4n) is 3.38. The first-order chi connectivity index (χ1) is 16.1. The zero-order valence-electron chi connectivity index (χ0n) is 20.0. The molecule has 0 saturated carbocycles. The van der Waals surface area contributed by atoms with Crippen molar-refractivity contribution in [3.05, 3.63) is 77.9 Å². The normalized spacial score (nSPS) is 11.2. The maximum atomic E-state index is 13.7. The minimum absolute atomic E-state index is 0.0186. The van der Waals surface area contributed by atoms with Gasteiger partial charge in [-0.05, 0) is 69.7 Å². The standard InChI is InChI=1S/C26H30N2O5S/c1-18(2)33-22-8-6-7-21(16-22)27-26(29)17-28(24-15-20(4)11-14-25(24)32-5)34(30,31)23-12-9-19(3)10-13-23/h6-16,18H,17H2,1-5H3,(H,27,29). The molecule has 0 spiro atoms. The van der Waals surface area contributed by atoms with Gasteiger partial charge in [0.1, 0.15) is 18.0 Å². The molecule has 0 unspecified atom stereocenters. The van der Waals surface area contributed by atoms with Gasteiger partial charge >= 0.3 is 0 Å². The molecular weight excluding hydrogens is 452 g/mol. The summed E-state index contributed by atoms with van der Waals surface area (Å²) in [4.78, 5) is 13.1. The summed E-state index contributed by atoms with van der Waals surface area (Å²) in [6, 6.07) is 18.7. The van der Waals surface area contributed by atoms with E-state index in [0.717, 1.165) is 15.4 Å². The number of carbonyl (C=O) groups excluding carboxylic acids is 1. The largest absolute Gasteiger partial charge is 0.495 e. The lowest BCUT2D eigenvalue weighted by molar-refractivity contribution is -0.114. The first-order valence-electron chi connectivity index (χ1n) is 10.9. The van der Waals surface area contributed by atoms with Crippen LogP contribution in [0.1, 0.15) is 25.0 Å². The van der Waals surface area contributed by atoms with Crippen LogP contribution in [0, 0.1) is 13.8 Å². The van der Waals surface area contributed by atoms with Crippen LogP contribution in [0.2, 0.25) is 0 Å². The quantitative estimate of drug-likeness (QED) is 0.467. The summed E-state index contributed by atoms with van der Waals surface area (Å²) in [5.74, 6) is 0.458. The maximum absolute atomic E-state index is 13.7. The maximum Gasteiger partial charge on any atom is 0.264 e. The molecule has 34 heavy (non-hydrogen) atoms. The number of hydrogen-bond acceptors (Lipinski definition) is 5. The zero-order valence-corrected chi connectivity index (χ0v) is 20.8. The van der Waals surface area contributed by atoms with Crippen molar-refractivity contribution in [2.24, 2.45) is 0 Å². The van der Waals surface area contributed by atoms with Crippen molar-refractivity contribution < 1.29 is 22.7 Å². The summed E-state index contributed by atoms with van der Waals surface area (Å²) in [6.45, 7) is 7.11. The number of hydrogen-bond donors (Lipinski definition) is 1. The molecular formula is C26H30N2O5S. The third-order valence-corrected chi connectivity index (χ3v) is 6.76. The molecule has 3 rings (SSSR count). The number of nitrogens with one attached hydrogen (secondary N) is 1. The Morgan fingerprint density at radius 2 is 1.65 bits per heavy atom. The summed E-state index contributed by atoms with van der Waals surface area (Å²) in [7, 11) is -2.60. The Bertz CT molecular complexity index is 1250. The van der Waals surface area contributed by atoms with Crippen LogP contribution >= 0.6 is 0 Å². The monoisotopic (exact) mass is 482 g/mol. The van der Waals surface area contributed by atoms with Crippen molar-refractivity contribution in [3.8, 4) is 11.5 Å². The number of benzene rings is 3. The van der Waals surface area contributed by atoms with E-state index >= 15 is 0 Å². The van der Waals surface area contributed by atoms with Crippen molar-refractivity contribution in [1.29, 1.82) is 0 Å². The topological polar surface area (TPSA) is 84.9 Å². The molecule has 0 radical (unpaired) electrons. The van der Waals surface area contributed by atoms with E-state index < -0.39 is 22.5 Å². The second kappa shape index (κ2) is 10.6. The lowest BCUT2D eigenvalue weighted by Crippen LogP contribution is -2.38. The van der Waals surface area contributed by atoms with E-state index in [2.05, 4.69) is 5.32 Å². The van der Waals surface area contributed by atoms with Crippen LogP contribution in [0.25, 0.3) is 0 Å². The Labute approximate surface area is 201 Å². The molecule has 0 fully saturated rings. The first-order valence-corrected chi connectivity index (χ1v) is 12.3. The SMILES string of the molecule is COc1ccc(C)cc1N(CC(=O)Nc1cccc(OC(C)C)c1)S(=O)(=O)c1ccc(C)cc1. The highest BCUT2D eigenvalue weighted by Crippen LogP contribution is 2.33. The van der Waals surface area contributed by atoms with Crippen LogP contribution in [-0.2, 0) is 14.8 Å². The highest BCUT2D eigenvalue weighted by molar-refractivity contribution is 7.92. The van der Waals surface area contributed by atoms with Gasteiger partial charge in [-0.1, -0.05) is 29.8 Å². The summed E-state index contributed by atoms with van der Waals surface area (Å²) >= 11 is 0. The number of rotatable bonds is 9. The summed E-state index contributed by atoms with van der Waals surface area (Å²) < 4.78 is 39.5. The third-order valence-electron chi connectivity index (χ3n) is 4.99. The molecule has 3 aromatic rings. The van der Waals surface area contributed by atoms with Gasteiger partial charge in [0.2, 0.25) is 5.91 Å². The minimum Gasteiger partial charge on any atom is -0.495 e. The molecule has 8 heteroatoms. The van der Waals surface area contributed by atoms with E-state index in [1.165, 1.54) is 19.2 Å². The number of sulfonamides is 1. The predicted molar refractivity (Wildman–Crippen MR) is 134 cm³/mol. The smallest absolute Gasteiger partial charge is 0.264 e. The van der Waals surface area contributed by atoms with E-state index in [4.69, 9.17) is 9.47 Å². The van der Waals surface area contributed by atoms with Crippen LogP contribution in [0.3, 0.4) is 0 Å². The van der Waals surface area contributed by atoms with Crippen molar-refractivity contribution in [2.75, 3.05) is 23.3 Å². The predicted octanol–water partition coefficient (Wildman–Crippen LogP) is 4.93. The second-order valence-electron chi connectivity index (χ2n) is 8.24. The van der Waals surface area contributed by atoms with Crippen LogP contribution < -0.4 is 19.1 Å². The van der Waals surface area contributed by atoms with Crippen molar-refractivity contribution in [2.45, 2.75) is 38.7 Å². The number of carbonyl (C=O) groups is 1.